The molecule has 0 aromatic heterocycles. The van der Waals surface area contributed by atoms with Gasteiger partial charge in [-0.05, 0) is 29.2 Å². The molecule has 1 aliphatic rings. The van der Waals surface area contributed by atoms with Gasteiger partial charge in [0.25, 0.3) is 0 Å². The minimum absolute atomic E-state index is 0.198. The summed E-state index contributed by atoms with van der Waals surface area (Å²) < 4.78 is 5.81. The van der Waals surface area contributed by atoms with Gasteiger partial charge in [0.1, 0.15) is 5.75 Å². The third-order valence-corrected chi connectivity index (χ3v) is 3.81. The monoisotopic (exact) mass is 267 g/mol. The van der Waals surface area contributed by atoms with Crippen LogP contribution in [0, 0.1) is 0 Å². The van der Waals surface area contributed by atoms with Crippen molar-refractivity contribution in [3.8, 4) is 5.75 Å². The summed E-state index contributed by atoms with van der Waals surface area (Å²) in [6, 6.07) is 17.1. The maximum Gasteiger partial charge on any atom is 0.161 e. The average Bonchev–Trinajstić information content (AvgIpc) is 2.46. The van der Waals surface area contributed by atoms with E-state index in [-0.39, 0.29) is 5.41 Å². The fourth-order valence-electron chi connectivity index (χ4n) is 2.51. The number of benzene rings is 2. The molecule has 2 heteroatoms. The van der Waals surface area contributed by atoms with Gasteiger partial charge in [-0.15, -0.1) is 0 Å². The Bertz CT molecular complexity index is 596. The molecule has 1 heterocycles. The molecule has 20 heavy (non-hydrogen) atoms. The van der Waals surface area contributed by atoms with E-state index in [4.69, 9.17) is 4.74 Å². The van der Waals surface area contributed by atoms with Crippen molar-refractivity contribution in [1.29, 1.82) is 0 Å². The second kappa shape index (κ2) is 4.86. The van der Waals surface area contributed by atoms with Crippen LogP contribution in [0.3, 0.4) is 0 Å². The molecule has 0 amide bonds. The van der Waals surface area contributed by atoms with Crippen LogP contribution in [0.25, 0.3) is 0 Å². The predicted octanol–water partition coefficient (Wildman–Crippen LogP) is 4.34. The first kappa shape index (κ1) is 13.0. The Hall–Kier alpha value is -1.96. The van der Waals surface area contributed by atoms with Crippen LogP contribution < -0.4 is 9.64 Å². The van der Waals surface area contributed by atoms with Crippen molar-refractivity contribution in [1.82, 2.24) is 0 Å². The van der Waals surface area contributed by atoms with Crippen LogP contribution in [0.1, 0.15) is 31.9 Å². The van der Waals surface area contributed by atoms with Crippen molar-refractivity contribution in [2.45, 2.75) is 32.7 Å². The molecule has 0 radical (unpaired) electrons. The van der Waals surface area contributed by atoms with Crippen LogP contribution in [0.2, 0.25) is 0 Å². The molecule has 0 saturated heterocycles. The van der Waals surface area contributed by atoms with E-state index in [9.17, 15) is 0 Å². The van der Waals surface area contributed by atoms with Crippen molar-refractivity contribution in [2.75, 3.05) is 11.6 Å². The fourth-order valence-corrected chi connectivity index (χ4v) is 2.51. The Morgan fingerprint density at radius 1 is 0.950 bits per heavy atom. The van der Waals surface area contributed by atoms with E-state index in [0.29, 0.717) is 6.73 Å². The second-order valence-corrected chi connectivity index (χ2v) is 6.38. The third kappa shape index (κ3) is 2.51. The second-order valence-electron chi connectivity index (χ2n) is 6.38. The molecule has 0 spiro atoms. The third-order valence-electron chi connectivity index (χ3n) is 3.81. The highest BCUT2D eigenvalue weighted by atomic mass is 16.5. The molecular formula is C18H21NO. The number of nitrogens with zero attached hydrogens (tertiary/aromatic N) is 1. The average molecular weight is 267 g/mol. The Morgan fingerprint density at radius 3 is 2.35 bits per heavy atom. The number of para-hydroxylation sites is 1. The normalized spacial score (nSPS) is 14.7. The Labute approximate surface area is 121 Å². The highest BCUT2D eigenvalue weighted by Crippen LogP contribution is 2.29. The van der Waals surface area contributed by atoms with Gasteiger partial charge in [0, 0.05) is 17.8 Å². The number of anilines is 1. The van der Waals surface area contributed by atoms with E-state index in [1.165, 1.54) is 16.8 Å². The molecule has 2 nitrogen and oxygen atoms in total. The summed E-state index contributed by atoms with van der Waals surface area (Å²) in [5.74, 6) is 1.01. The summed E-state index contributed by atoms with van der Waals surface area (Å²) in [6.45, 7) is 8.24. The highest BCUT2D eigenvalue weighted by Gasteiger charge is 2.18. The van der Waals surface area contributed by atoms with Gasteiger partial charge in [0.15, 0.2) is 6.73 Å². The zero-order valence-corrected chi connectivity index (χ0v) is 12.4. The summed E-state index contributed by atoms with van der Waals surface area (Å²) in [4.78, 5) is 2.26. The van der Waals surface area contributed by atoms with E-state index < -0.39 is 0 Å². The summed E-state index contributed by atoms with van der Waals surface area (Å²) in [5, 5.41) is 0. The summed E-state index contributed by atoms with van der Waals surface area (Å²) in [6.07, 6.45) is 0. The van der Waals surface area contributed by atoms with Crippen molar-refractivity contribution >= 4 is 5.69 Å². The van der Waals surface area contributed by atoms with E-state index in [2.05, 4.69) is 62.1 Å². The molecule has 2 aromatic carbocycles. The van der Waals surface area contributed by atoms with E-state index in [0.717, 1.165) is 12.3 Å². The molecule has 1 aliphatic heterocycles. The molecule has 104 valence electrons. The largest absolute Gasteiger partial charge is 0.473 e. The molecule has 0 atom stereocenters. The standard InChI is InChI=1S/C18H21NO/c1-18(2,3)15-8-10-16(11-9-15)19-12-14-6-4-5-7-17(14)20-13-19/h4-11H,12-13H2,1-3H3. The van der Waals surface area contributed by atoms with Gasteiger partial charge in [0.2, 0.25) is 0 Å². The zero-order chi connectivity index (χ0) is 14.2. The number of hydrogen-bond donors (Lipinski definition) is 0. The minimum atomic E-state index is 0.198. The SMILES string of the molecule is CC(C)(C)c1ccc(N2COc3ccccc3C2)cc1. The van der Waals surface area contributed by atoms with Crippen molar-refractivity contribution in [2.24, 2.45) is 0 Å². The van der Waals surface area contributed by atoms with E-state index in [1.54, 1.807) is 0 Å². The smallest absolute Gasteiger partial charge is 0.161 e. The fraction of sp³-hybridized carbons (Fsp3) is 0.333. The lowest BCUT2D eigenvalue weighted by Crippen LogP contribution is -2.31. The first-order valence-electron chi connectivity index (χ1n) is 7.10. The van der Waals surface area contributed by atoms with Gasteiger partial charge >= 0.3 is 0 Å². The minimum Gasteiger partial charge on any atom is -0.473 e. The van der Waals surface area contributed by atoms with E-state index in [1.807, 2.05) is 12.1 Å². The van der Waals surface area contributed by atoms with Crippen LogP contribution in [-0.4, -0.2) is 6.73 Å². The van der Waals surface area contributed by atoms with Crippen LogP contribution >= 0.6 is 0 Å². The summed E-state index contributed by atoms with van der Waals surface area (Å²) in [7, 11) is 0. The van der Waals surface area contributed by atoms with Gasteiger partial charge in [-0.25, -0.2) is 0 Å². The molecule has 0 N–H and O–H groups in total. The van der Waals surface area contributed by atoms with Gasteiger partial charge in [0.05, 0.1) is 0 Å². The van der Waals surface area contributed by atoms with Crippen molar-refractivity contribution in [3.63, 3.8) is 0 Å². The number of fused-ring (bicyclic) bond motifs is 1. The number of rotatable bonds is 1. The lowest BCUT2D eigenvalue weighted by atomic mass is 9.87. The molecular weight excluding hydrogens is 246 g/mol. The van der Waals surface area contributed by atoms with Crippen LogP contribution in [0.15, 0.2) is 48.5 Å². The van der Waals surface area contributed by atoms with E-state index >= 15 is 0 Å². The highest BCUT2D eigenvalue weighted by molar-refractivity contribution is 5.51. The van der Waals surface area contributed by atoms with Crippen molar-refractivity contribution < 1.29 is 4.74 Å². The van der Waals surface area contributed by atoms with Crippen molar-refractivity contribution in [3.05, 3.63) is 59.7 Å². The quantitative estimate of drug-likeness (QED) is 0.762. The first-order chi connectivity index (χ1) is 9.54. The molecule has 0 bridgehead atoms. The molecule has 3 rings (SSSR count). The molecule has 0 saturated carbocycles. The summed E-state index contributed by atoms with van der Waals surface area (Å²) in [5.41, 5.74) is 4.02. The lowest BCUT2D eigenvalue weighted by molar-refractivity contribution is 0.289. The van der Waals surface area contributed by atoms with Crippen LogP contribution in [0.5, 0.6) is 5.75 Å². The molecule has 0 fully saturated rings. The van der Waals surface area contributed by atoms with Crippen LogP contribution in [0.4, 0.5) is 5.69 Å². The lowest BCUT2D eigenvalue weighted by Gasteiger charge is -2.31. The van der Waals surface area contributed by atoms with Gasteiger partial charge in [-0.1, -0.05) is 51.1 Å². The van der Waals surface area contributed by atoms with Gasteiger partial charge in [-0.3, -0.25) is 0 Å². The zero-order valence-electron chi connectivity index (χ0n) is 12.4. The maximum absolute atomic E-state index is 5.81. The molecule has 0 unspecified atom stereocenters. The predicted molar refractivity (Wildman–Crippen MR) is 83.3 cm³/mol. The first-order valence-corrected chi connectivity index (χ1v) is 7.10. The molecule has 0 aliphatic carbocycles. The molecule has 2 aromatic rings. The topological polar surface area (TPSA) is 12.5 Å². The Kier molecular flexibility index (Phi) is 3.17. The maximum atomic E-state index is 5.81. The van der Waals surface area contributed by atoms with Gasteiger partial charge in [-0.2, -0.15) is 0 Å². The Balaban J connectivity index is 1.81. The van der Waals surface area contributed by atoms with Crippen LogP contribution in [-0.2, 0) is 12.0 Å². The number of ether oxygens (including phenoxy) is 1. The summed E-state index contributed by atoms with van der Waals surface area (Å²) >= 11 is 0. The number of hydrogen-bond acceptors (Lipinski definition) is 2. The van der Waals surface area contributed by atoms with Gasteiger partial charge < -0.3 is 9.64 Å². The Morgan fingerprint density at radius 2 is 1.65 bits per heavy atom.